The fourth-order valence-corrected chi connectivity index (χ4v) is 3.43. The number of benzene rings is 3. The van der Waals surface area contributed by atoms with E-state index in [0.29, 0.717) is 24.5 Å². The zero-order valence-electron chi connectivity index (χ0n) is 17.6. The molecule has 1 N–H and O–H groups in total. The summed E-state index contributed by atoms with van der Waals surface area (Å²) >= 11 is 0. The third-order valence-electron chi connectivity index (χ3n) is 4.93. The second kappa shape index (κ2) is 10.5. The molecule has 156 valence electrons. The Morgan fingerprint density at radius 1 is 1.00 bits per heavy atom. The molecular weight excluding hydrogens is 377 g/mol. The Bertz CT molecular complexity index is 1000. The lowest BCUT2D eigenvalue weighted by molar-refractivity contribution is 0.281. The van der Waals surface area contributed by atoms with Gasteiger partial charge >= 0.3 is 0 Å². The van der Waals surface area contributed by atoms with Gasteiger partial charge in [0.15, 0.2) is 11.5 Å². The first-order valence-corrected chi connectivity index (χ1v) is 10.1. The molecule has 0 heterocycles. The van der Waals surface area contributed by atoms with Gasteiger partial charge in [-0.15, -0.1) is 6.58 Å². The number of anilines is 1. The first-order chi connectivity index (χ1) is 14.6. The van der Waals surface area contributed by atoms with Crippen LogP contribution in [0.4, 0.5) is 10.1 Å². The number of rotatable bonds is 10. The molecule has 3 nitrogen and oxygen atoms in total. The van der Waals surface area contributed by atoms with Gasteiger partial charge in [-0.05, 0) is 59.9 Å². The van der Waals surface area contributed by atoms with Crippen molar-refractivity contribution in [1.82, 2.24) is 0 Å². The third-order valence-corrected chi connectivity index (χ3v) is 4.93. The molecule has 3 rings (SSSR count). The van der Waals surface area contributed by atoms with Crippen molar-refractivity contribution in [3.05, 3.63) is 101 Å². The molecule has 0 unspecified atom stereocenters. The standard InChI is InChI=1S/C26H28FNO2/c1-4-9-22-14-20(17-28-24-13-7-6-11-21(24)5-2)16-25(29-3)26(22)30-18-19-10-8-12-23(27)15-19/h4,6-8,10-16,28H,1,5,9,17-18H2,2-3H3. The highest BCUT2D eigenvalue weighted by Crippen LogP contribution is 2.34. The Hall–Kier alpha value is -3.27. The normalized spacial score (nSPS) is 10.5. The van der Waals surface area contributed by atoms with Gasteiger partial charge in [0.1, 0.15) is 12.4 Å². The number of allylic oxidation sites excluding steroid dienone is 1. The minimum Gasteiger partial charge on any atom is -0.493 e. The van der Waals surface area contributed by atoms with Crippen LogP contribution in [0, 0.1) is 5.82 Å². The van der Waals surface area contributed by atoms with E-state index in [1.165, 1.54) is 17.7 Å². The van der Waals surface area contributed by atoms with Crippen LogP contribution in [0.25, 0.3) is 0 Å². The van der Waals surface area contributed by atoms with Gasteiger partial charge in [-0.3, -0.25) is 0 Å². The van der Waals surface area contributed by atoms with Crippen molar-refractivity contribution < 1.29 is 13.9 Å². The molecule has 4 heteroatoms. The largest absolute Gasteiger partial charge is 0.493 e. The molecule has 0 amide bonds. The minimum atomic E-state index is -0.275. The summed E-state index contributed by atoms with van der Waals surface area (Å²) < 4.78 is 25.1. The van der Waals surface area contributed by atoms with Gasteiger partial charge in [0, 0.05) is 17.8 Å². The predicted molar refractivity (Wildman–Crippen MR) is 121 cm³/mol. The maximum Gasteiger partial charge on any atom is 0.165 e. The molecule has 3 aromatic carbocycles. The van der Waals surface area contributed by atoms with Crippen LogP contribution in [0.5, 0.6) is 11.5 Å². The minimum absolute atomic E-state index is 0.264. The number of hydrogen-bond acceptors (Lipinski definition) is 3. The Morgan fingerprint density at radius 3 is 2.57 bits per heavy atom. The van der Waals surface area contributed by atoms with E-state index in [1.807, 2.05) is 24.3 Å². The van der Waals surface area contributed by atoms with E-state index in [4.69, 9.17) is 9.47 Å². The molecule has 0 aliphatic carbocycles. The molecule has 3 aromatic rings. The second-order valence-corrected chi connectivity index (χ2v) is 7.06. The number of para-hydroxylation sites is 1. The van der Waals surface area contributed by atoms with Crippen LogP contribution in [0.2, 0.25) is 0 Å². The van der Waals surface area contributed by atoms with Crippen LogP contribution < -0.4 is 14.8 Å². The van der Waals surface area contributed by atoms with E-state index in [9.17, 15) is 4.39 Å². The Kier molecular flexibility index (Phi) is 7.50. The Morgan fingerprint density at radius 2 is 1.83 bits per heavy atom. The van der Waals surface area contributed by atoms with Crippen LogP contribution in [-0.2, 0) is 26.0 Å². The summed E-state index contributed by atoms with van der Waals surface area (Å²) in [5.74, 6) is 1.05. The monoisotopic (exact) mass is 405 g/mol. The number of ether oxygens (including phenoxy) is 2. The molecule has 30 heavy (non-hydrogen) atoms. The number of aryl methyl sites for hydroxylation is 1. The van der Waals surface area contributed by atoms with Crippen LogP contribution in [0.3, 0.4) is 0 Å². The fourth-order valence-electron chi connectivity index (χ4n) is 3.43. The van der Waals surface area contributed by atoms with Crippen LogP contribution in [0.15, 0.2) is 73.3 Å². The number of methoxy groups -OCH3 is 1. The SMILES string of the molecule is C=CCc1cc(CNc2ccccc2CC)cc(OC)c1OCc1cccc(F)c1. The molecule has 0 saturated heterocycles. The topological polar surface area (TPSA) is 30.5 Å². The van der Waals surface area contributed by atoms with Crippen LogP contribution in [0.1, 0.15) is 29.2 Å². The van der Waals surface area contributed by atoms with Gasteiger partial charge in [-0.2, -0.15) is 0 Å². The van der Waals surface area contributed by atoms with Gasteiger partial charge in [0.05, 0.1) is 7.11 Å². The summed E-state index contributed by atoms with van der Waals surface area (Å²) in [5, 5.41) is 3.52. The first kappa shape index (κ1) is 21.4. The number of hydrogen-bond donors (Lipinski definition) is 1. The predicted octanol–water partition coefficient (Wildman–Crippen LogP) is 6.32. The highest BCUT2D eigenvalue weighted by Gasteiger charge is 2.14. The molecule has 0 spiro atoms. The molecule has 0 radical (unpaired) electrons. The highest BCUT2D eigenvalue weighted by atomic mass is 19.1. The van der Waals surface area contributed by atoms with Crippen molar-refractivity contribution >= 4 is 5.69 Å². The maximum absolute atomic E-state index is 13.5. The average Bonchev–Trinajstić information content (AvgIpc) is 2.77. The summed E-state index contributed by atoms with van der Waals surface area (Å²) in [4.78, 5) is 0. The fraction of sp³-hybridized carbons (Fsp3) is 0.231. The quantitative estimate of drug-likeness (QED) is 0.401. The highest BCUT2D eigenvalue weighted by molar-refractivity contribution is 5.54. The summed E-state index contributed by atoms with van der Waals surface area (Å²) in [6.45, 7) is 6.95. The van der Waals surface area contributed by atoms with E-state index in [1.54, 1.807) is 13.2 Å². The van der Waals surface area contributed by atoms with Crippen molar-refractivity contribution in [3.63, 3.8) is 0 Å². The van der Waals surface area contributed by atoms with E-state index in [0.717, 1.165) is 28.8 Å². The van der Waals surface area contributed by atoms with Crippen LogP contribution in [-0.4, -0.2) is 7.11 Å². The summed E-state index contributed by atoms with van der Waals surface area (Å²) in [5.41, 5.74) is 5.26. The van der Waals surface area contributed by atoms with Gasteiger partial charge in [0.25, 0.3) is 0 Å². The smallest absolute Gasteiger partial charge is 0.165 e. The zero-order chi connectivity index (χ0) is 21.3. The average molecular weight is 406 g/mol. The summed E-state index contributed by atoms with van der Waals surface area (Å²) in [6, 6.07) is 18.8. The van der Waals surface area contributed by atoms with Crippen molar-refractivity contribution in [2.45, 2.75) is 32.9 Å². The molecule has 0 atom stereocenters. The molecule has 0 fully saturated rings. The van der Waals surface area contributed by atoms with Crippen molar-refractivity contribution in [3.8, 4) is 11.5 Å². The van der Waals surface area contributed by atoms with Crippen molar-refractivity contribution in [2.75, 3.05) is 12.4 Å². The van der Waals surface area contributed by atoms with Gasteiger partial charge < -0.3 is 14.8 Å². The Labute approximate surface area is 178 Å². The van der Waals surface area contributed by atoms with Crippen molar-refractivity contribution in [1.29, 1.82) is 0 Å². The van der Waals surface area contributed by atoms with E-state index in [-0.39, 0.29) is 12.4 Å². The lowest BCUT2D eigenvalue weighted by Crippen LogP contribution is -2.06. The van der Waals surface area contributed by atoms with Gasteiger partial charge in [-0.25, -0.2) is 4.39 Å². The van der Waals surface area contributed by atoms with E-state index >= 15 is 0 Å². The van der Waals surface area contributed by atoms with Crippen molar-refractivity contribution in [2.24, 2.45) is 0 Å². The molecule has 0 bridgehead atoms. The molecule has 0 aliphatic rings. The van der Waals surface area contributed by atoms with E-state index in [2.05, 4.69) is 43.1 Å². The lowest BCUT2D eigenvalue weighted by atomic mass is 10.0. The number of nitrogens with one attached hydrogen (secondary N) is 1. The zero-order valence-corrected chi connectivity index (χ0v) is 17.6. The third kappa shape index (κ3) is 5.41. The molecule has 0 aromatic heterocycles. The maximum atomic E-state index is 13.5. The molecular formula is C26H28FNO2. The summed E-state index contributed by atoms with van der Waals surface area (Å²) in [6.07, 6.45) is 3.46. The second-order valence-electron chi connectivity index (χ2n) is 7.06. The molecule has 0 aliphatic heterocycles. The Balaban J connectivity index is 1.82. The number of halogens is 1. The van der Waals surface area contributed by atoms with Crippen LogP contribution >= 0.6 is 0 Å². The lowest BCUT2D eigenvalue weighted by Gasteiger charge is -2.18. The van der Waals surface area contributed by atoms with Gasteiger partial charge in [0.2, 0.25) is 0 Å². The van der Waals surface area contributed by atoms with E-state index < -0.39 is 0 Å². The van der Waals surface area contributed by atoms with Gasteiger partial charge in [-0.1, -0.05) is 43.3 Å². The molecule has 0 saturated carbocycles. The summed E-state index contributed by atoms with van der Waals surface area (Å²) in [7, 11) is 1.63. The first-order valence-electron chi connectivity index (χ1n) is 10.1.